The first-order valence-electron chi connectivity index (χ1n) is 50.9. The van der Waals surface area contributed by atoms with Crippen molar-refractivity contribution in [1.82, 2.24) is 0 Å². The van der Waals surface area contributed by atoms with Gasteiger partial charge in [0.15, 0.2) is 0 Å². The van der Waals surface area contributed by atoms with E-state index in [-0.39, 0.29) is 54.7 Å². The maximum absolute atomic E-state index is 9.64. The zero-order valence-corrected chi connectivity index (χ0v) is 89.4. The van der Waals surface area contributed by atoms with Gasteiger partial charge >= 0.3 is 0 Å². The van der Waals surface area contributed by atoms with Crippen LogP contribution in [-0.2, 0) is 58.0 Å². The molecule has 630 valence electrons. The largest absolute Gasteiger partial charge is 0.0695 e. The molecule has 0 heterocycles. The van der Waals surface area contributed by atoms with Gasteiger partial charge in [0.05, 0.1) is 4.11 Å². The van der Waals surface area contributed by atoms with Crippen LogP contribution < -0.4 is 0 Å². The quantitative estimate of drug-likeness (QED) is 0.0799. The third-order valence-corrected chi connectivity index (χ3v) is 58.3. The SMILES string of the molecule is CC(C)(C)c1ccccc1CC([Si](C)(C)C)[Si](C)(C)C.Cc1cccc(C)c1-c1ccc(C(C)(C)C)cc1.[2H]C([2H])([2H])C(C)(C)C(C)(C)C.[2H]C([2H])(c1cccc(C([2H])([2H])C([Si](C)(C)C)[Si](C)(C)C)c1C(C)(C)C)C([Si](C)(C)C)[Si](C)(C)C.[2H]C([2H])(c1ccccc1C(C)(C)C)C([Si](C)(C)C)[Si](C)(C)C.[2H]c1c([2H])c(C(C)(C([2H])([2H])[2H])C([2H])([2H])[2H])c([2H])c(C)c1C(C)(C)C. The highest BCUT2D eigenvalue weighted by molar-refractivity contribution is 6.98. The van der Waals surface area contributed by atoms with E-state index in [1.807, 2.05) is 77.9 Å². The molecule has 111 heavy (non-hydrogen) atoms. The fourth-order valence-corrected chi connectivity index (χ4v) is 62.8. The second kappa shape index (κ2) is 39.3. The highest BCUT2D eigenvalue weighted by Gasteiger charge is 2.43. The Balaban J connectivity index is 0.000000794. The maximum atomic E-state index is 9.64. The molecule has 0 aliphatic rings. The van der Waals surface area contributed by atoms with Crippen molar-refractivity contribution in [3.05, 3.63) is 200 Å². The normalized spacial score (nSPS) is 16.8. The zero-order valence-electron chi connectivity index (χ0n) is 99.4. The van der Waals surface area contributed by atoms with Crippen molar-refractivity contribution in [3.8, 4) is 11.1 Å². The Kier molecular flexibility index (Phi) is 27.6. The van der Waals surface area contributed by atoms with E-state index < -0.39 is 132 Å². The Bertz CT molecular complexity index is 4430. The first kappa shape index (κ1) is 77.9. The highest BCUT2D eigenvalue weighted by Crippen LogP contribution is 2.45. The molecule has 0 nitrogen and oxygen atoms in total. The summed E-state index contributed by atoms with van der Waals surface area (Å²) in [6.45, 7) is 97.8. The molecule has 0 spiro atoms. The predicted octanol–water partition coefficient (Wildman–Crippen LogP) is 34.4. The summed E-state index contributed by atoms with van der Waals surface area (Å²) in [5.41, 5.74) is 11.1. The molecule has 6 aromatic carbocycles. The maximum Gasteiger partial charge on any atom is 0.0629 e. The second-order valence-electron chi connectivity index (χ2n) is 48.2. The molecular weight excluding hydrogens is 1460 g/mol. The van der Waals surface area contributed by atoms with Crippen LogP contribution in [0.1, 0.15) is 263 Å². The van der Waals surface area contributed by atoms with Gasteiger partial charge < -0.3 is 0 Å². The zero-order chi connectivity index (χ0) is 103. The molecule has 0 bridgehead atoms. The Morgan fingerprint density at radius 3 is 0.901 bits per heavy atom. The first-order chi connectivity index (χ1) is 56.3. The number of benzene rings is 6. The van der Waals surface area contributed by atoms with Crippen LogP contribution in [0.15, 0.2) is 127 Å². The minimum absolute atomic E-state index is 0.0273. The van der Waals surface area contributed by atoms with Gasteiger partial charge in [-0.15, -0.1) is 0 Å². The molecule has 0 atom stereocenters. The van der Waals surface area contributed by atoms with E-state index in [9.17, 15) is 5.48 Å². The van der Waals surface area contributed by atoms with E-state index in [0.717, 1.165) is 39.9 Å². The van der Waals surface area contributed by atoms with Gasteiger partial charge in [-0.3, -0.25) is 0 Å². The lowest BCUT2D eigenvalue weighted by Crippen LogP contribution is -2.46. The van der Waals surface area contributed by atoms with Gasteiger partial charge in [-0.25, -0.2) is 0 Å². The summed E-state index contributed by atoms with van der Waals surface area (Å²) in [5.74, 6) is 0. The number of aryl methyl sites for hydroxylation is 2. The molecule has 0 aromatic heterocycles. The molecule has 0 amide bonds. The van der Waals surface area contributed by atoms with Crippen LogP contribution in [0, 0.1) is 31.6 Å². The van der Waals surface area contributed by atoms with E-state index >= 15 is 0 Å². The van der Waals surface area contributed by atoms with E-state index in [1.54, 1.807) is 31.9 Å². The predicted molar refractivity (Wildman–Crippen MR) is 540 cm³/mol. The van der Waals surface area contributed by atoms with Crippen LogP contribution in [0.5, 0.6) is 0 Å². The second-order valence-corrected chi connectivity index (χ2v) is 93.2. The molecule has 0 saturated carbocycles. The van der Waals surface area contributed by atoms with Crippen LogP contribution in [0.3, 0.4) is 0 Å². The number of hydrogen-bond acceptors (Lipinski definition) is 0. The van der Waals surface area contributed by atoms with E-state index in [2.05, 4.69) is 327 Å². The number of rotatable bonds is 17. The van der Waals surface area contributed by atoms with E-state index in [4.69, 9.17) is 19.2 Å². The van der Waals surface area contributed by atoms with Gasteiger partial charge in [0.2, 0.25) is 0 Å². The minimum Gasteiger partial charge on any atom is -0.0695 e. The summed E-state index contributed by atoms with van der Waals surface area (Å²) in [6, 6.07) is 37.7. The molecule has 6 aromatic rings. The molecule has 8 heteroatoms. The Hall–Kier alpha value is -2.94. The van der Waals surface area contributed by atoms with Gasteiger partial charge in [-0.2, -0.15) is 0 Å². The Morgan fingerprint density at radius 1 is 0.288 bits per heavy atom. The fraction of sp³-hybridized carbons (Fsp3) is 0.650. The number of hydrogen-bond donors (Lipinski definition) is 0. The van der Waals surface area contributed by atoms with Gasteiger partial charge in [0, 0.05) is 85.2 Å². The fourth-order valence-electron chi connectivity index (χ4n) is 16.0. The summed E-state index contributed by atoms with van der Waals surface area (Å²) in [5, 5.41) is 1.19. The summed E-state index contributed by atoms with van der Waals surface area (Å²) in [7, 11) is -13.0. The lowest BCUT2D eigenvalue weighted by atomic mass is 9.71. The van der Waals surface area contributed by atoms with Gasteiger partial charge in [0.1, 0.15) is 0 Å². The van der Waals surface area contributed by atoms with Crippen molar-refractivity contribution in [2.24, 2.45) is 10.8 Å². The van der Waals surface area contributed by atoms with Crippen LogP contribution in [0.2, 0.25) is 178 Å². The van der Waals surface area contributed by atoms with Crippen molar-refractivity contribution in [2.45, 2.75) is 423 Å². The lowest BCUT2D eigenvalue weighted by Gasteiger charge is -2.41. The smallest absolute Gasteiger partial charge is 0.0629 e. The van der Waals surface area contributed by atoms with Crippen molar-refractivity contribution < 1.29 is 24.7 Å². The summed E-state index contributed by atoms with van der Waals surface area (Å²) >= 11 is 0. The first-order valence-corrected chi connectivity index (χ1v) is 70.5. The average molecular weight is 1670 g/mol. The van der Waals surface area contributed by atoms with Crippen LogP contribution in [0.4, 0.5) is 0 Å². The third kappa shape index (κ3) is 35.3. The molecular formula is C103H186Si8. The minimum atomic E-state index is -2.95. The highest BCUT2D eigenvalue weighted by atomic mass is 28.4. The topological polar surface area (TPSA) is 0 Å². The van der Waals surface area contributed by atoms with Crippen molar-refractivity contribution in [3.63, 3.8) is 0 Å². The standard InChI is InChI=1S/C26H54Si4.2C18H34Si2.C18H22.C15H24.C8H18/c1-26(2,3)25-21(19-23(27(4,5)6)28(7,8)9)17-16-18-22(25)20-24(29(10,11)12)30(13,14)15;2*1-18(2,3)16-13-11-10-12-15(16)14-17(19(4,5)6)20(7,8)9;1-13-7-6-8-14(2)17(13)15-9-11-16(12-10-15)18(3,4)5;1-11-10-12(14(2,3)4)8-9-13(11)15(5,6)7;1-7(2,3)8(4,5)6/h16-18,23-24H,19-20H2,1-15H3;2*10-13,17H,14H2,1-9H3;6-12H,1-5H3;8-10H,1-7H3;1-6H3/i19D2,20D2;14D2;;;2D3,3D3,8D,9D,10D;1D3. The van der Waals surface area contributed by atoms with Crippen molar-refractivity contribution >= 4 is 64.6 Å². The average Bonchev–Trinajstić information content (AvgIpc) is 0.724. The molecule has 0 N–H and O–H groups in total. The Labute approximate surface area is 729 Å². The third-order valence-electron chi connectivity index (χ3n) is 21.6. The van der Waals surface area contributed by atoms with Crippen molar-refractivity contribution in [2.75, 3.05) is 0 Å². The van der Waals surface area contributed by atoms with Crippen molar-refractivity contribution in [1.29, 1.82) is 0 Å². The van der Waals surface area contributed by atoms with E-state index in [1.165, 1.54) is 34.2 Å². The molecule has 0 saturated heterocycles. The van der Waals surface area contributed by atoms with Crippen LogP contribution in [0.25, 0.3) is 11.1 Å². The monoisotopic (exact) mass is 1670 g/mol. The lowest BCUT2D eigenvalue weighted by molar-refractivity contribution is 0.157. The van der Waals surface area contributed by atoms with Gasteiger partial charge in [-0.05, 0) is 194 Å². The van der Waals surface area contributed by atoms with Crippen LogP contribution >= 0.6 is 0 Å². The molecule has 0 aliphatic heterocycles. The van der Waals surface area contributed by atoms with Gasteiger partial charge in [-0.1, -0.05) is 450 Å². The molecule has 0 aliphatic carbocycles. The van der Waals surface area contributed by atoms with Gasteiger partial charge in [0.25, 0.3) is 0 Å². The molecule has 0 fully saturated rings. The summed E-state index contributed by atoms with van der Waals surface area (Å²) < 4.78 is 150. The molecule has 6 rings (SSSR count). The Morgan fingerprint density at radius 2 is 0.604 bits per heavy atom. The molecule has 0 unspecified atom stereocenters. The van der Waals surface area contributed by atoms with Crippen LogP contribution in [-0.4, -0.2) is 64.6 Å². The van der Waals surface area contributed by atoms with E-state index in [0.29, 0.717) is 11.1 Å². The summed E-state index contributed by atoms with van der Waals surface area (Å²) in [6.07, 6.45) is -2.94. The summed E-state index contributed by atoms with van der Waals surface area (Å²) in [4.78, 5) is 0. The molecule has 0 radical (unpaired) electrons.